The molecule has 1 aromatic heterocycles. The molecule has 0 radical (unpaired) electrons. The second kappa shape index (κ2) is 39.3. The number of fused-ring (bicyclic) bond motifs is 6. The highest BCUT2D eigenvalue weighted by molar-refractivity contribution is 7.12. The van der Waals surface area contributed by atoms with Crippen molar-refractivity contribution in [1.82, 2.24) is 0 Å². The van der Waals surface area contributed by atoms with Crippen LogP contribution in [0, 0.1) is 12.8 Å². The molecule has 1 fully saturated rings. The zero-order chi connectivity index (χ0) is 68.6. The number of hydrogen-bond acceptors (Lipinski definition) is 10. The van der Waals surface area contributed by atoms with E-state index in [2.05, 4.69) is 130 Å². The van der Waals surface area contributed by atoms with Gasteiger partial charge in [-0.05, 0) is 131 Å². The lowest BCUT2D eigenvalue weighted by molar-refractivity contribution is -0.141. The zero-order valence-electron chi connectivity index (χ0n) is 58.5. The summed E-state index contributed by atoms with van der Waals surface area (Å²) in [4.78, 5) is 72.6. The van der Waals surface area contributed by atoms with E-state index in [0.29, 0.717) is 34.7 Å². The standard InChI is InChI=1S/C35H33NO3.C30H37NO3.C7H8.C6H6OS.3C2H6/c1-4-21-35(22-5-2)31-18-12-11-16-28(31)29-20-19-26(23-32(29)35)34(38)33(36-39-24(3)37)30-17-10-9-15-27(30)25-13-7-6-8-14-25;1-4-17-30(18-5-2)26-14-10-9-13-24(26)25-16-15-23(20-27(25)30)29(33)28(31-34-21(3)32)19-22-11-7-6-8-12-22;1-7-5-3-2-4-6-7;1-5(7)6-3-2-4-8-6;3*1-2/h6-20,23H,4-5,21-22H2,1-3H3;9-10,13-16,20,22H,4-8,11-12,17-19H2,1-3H3;2-6H,1H3;2-4H,1H3;3*1-2H3/b36-33-;31-28+;;;;;. The van der Waals surface area contributed by atoms with Crippen LogP contribution >= 0.6 is 11.3 Å². The Balaban J connectivity index is 0.000000262. The molecule has 94 heavy (non-hydrogen) atoms. The van der Waals surface area contributed by atoms with Crippen molar-refractivity contribution in [2.75, 3.05) is 0 Å². The molecule has 0 aliphatic heterocycles. The van der Waals surface area contributed by atoms with E-state index >= 15 is 0 Å². The summed E-state index contributed by atoms with van der Waals surface area (Å²) in [6.07, 6.45) is 14.7. The maximum Gasteiger partial charge on any atom is 0.332 e. The molecule has 1 heterocycles. The molecule has 11 rings (SSSR count). The summed E-state index contributed by atoms with van der Waals surface area (Å²) in [5, 5.41) is 10.1. The smallest absolute Gasteiger partial charge is 0.318 e. The van der Waals surface area contributed by atoms with Gasteiger partial charge >= 0.3 is 11.9 Å². The minimum Gasteiger partial charge on any atom is -0.318 e. The van der Waals surface area contributed by atoms with Gasteiger partial charge in [0.25, 0.3) is 0 Å². The van der Waals surface area contributed by atoms with Gasteiger partial charge in [-0.1, -0.05) is 307 Å². The van der Waals surface area contributed by atoms with Gasteiger partial charge in [-0.25, -0.2) is 9.59 Å². The van der Waals surface area contributed by atoms with Crippen LogP contribution in [0.2, 0.25) is 0 Å². The molecule has 1 saturated carbocycles. The predicted octanol–water partition coefficient (Wildman–Crippen LogP) is 23.0. The first-order chi connectivity index (χ1) is 45.7. The van der Waals surface area contributed by atoms with E-state index in [1.54, 1.807) is 6.92 Å². The molecule has 0 bridgehead atoms. The largest absolute Gasteiger partial charge is 0.332 e. The van der Waals surface area contributed by atoms with Crippen LogP contribution in [-0.2, 0) is 30.1 Å². The number of carbonyl (C=O) groups is 5. The van der Waals surface area contributed by atoms with Crippen molar-refractivity contribution >= 4 is 52.0 Å². The molecule has 0 spiro atoms. The highest BCUT2D eigenvalue weighted by Crippen LogP contribution is 2.55. The Morgan fingerprint density at radius 2 is 0.883 bits per heavy atom. The normalized spacial score (nSPS) is 13.4. The summed E-state index contributed by atoms with van der Waals surface area (Å²) < 4.78 is 0. The molecule has 0 amide bonds. The van der Waals surface area contributed by atoms with Gasteiger partial charge < -0.3 is 9.68 Å². The Morgan fingerprint density at radius 3 is 1.31 bits per heavy atom. The van der Waals surface area contributed by atoms with Gasteiger partial charge in [-0.2, -0.15) is 0 Å². The van der Waals surface area contributed by atoms with E-state index in [0.717, 1.165) is 80.2 Å². The van der Waals surface area contributed by atoms with Gasteiger partial charge in [0.2, 0.25) is 11.6 Å². The topological polar surface area (TPSA) is 129 Å². The van der Waals surface area contributed by atoms with Crippen molar-refractivity contribution in [3.05, 3.63) is 237 Å². The number of carbonyl (C=O) groups excluding carboxylic acids is 5. The van der Waals surface area contributed by atoms with Crippen LogP contribution in [-0.4, -0.2) is 40.7 Å². The number of benzene rings is 7. The van der Waals surface area contributed by atoms with E-state index in [9.17, 15) is 24.0 Å². The van der Waals surface area contributed by atoms with Gasteiger partial charge in [0, 0.05) is 41.4 Å². The van der Waals surface area contributed by atoms with E-state index in [4.69, 9.17) is 9.68 Å². The third-order valence-electron chi connectivity index (χ3n) is 17.1. The minimum absolute atomic E-state index is 0.0672. The molecule has 7 aromatic carbocycles. The Labute approximate surface area is 566 Å². The highest BCUT2D eigenvalue weighted by atomic mass is 32.1. The average Bonchev–Trinajstić information content (AvgIpc) is 1.59. The average molecular weight is 1280 g/mol. The first kappa shape index (κ1) is 76.2. The zero-order valence-corrected chi connectivity index (χ0v) is 59.4. The van der Waals surface area contributed by atoms with Crippen LogP contribution in [0.1, 0.15) is 244 Å². The first-order valence-electron chi connectivity index (χ1n) is 34.5. The number of Topliss-reactive ketones (excluding diaryl/α,β-unsaturated/α-hetero) is 3. The highest BCUT2D eigenvalue weighted by Gasteiger charge is 2.44. The molecule has 10 heteroatoms. The van der Waals surface area contributed by atoms with Gasteiger partial charge in [0.1, 0.15) is 5.71 Å². The molecule has 9 nitrogen and oxygen atoms in total. The Morgan fingerprint density at radius 1 is 0.457 bits per heavy atom. The number of nitrogens with zero attached hydrogens (tertiary/aromatic N) is 2. The Bertz CT molecular complexity index is 3730. The molecule has 3 aliphatic rings. The van der Waals surface area contributed by atoms with Gasteiger partial charge in [0.15, 0.2) is 11.5 Å². The summed E-state index contributed by atoms with van der Waals surface area (Å²) in [6, 6.07) is 60.9. The van der Waals surface area contributed by atoms with Crippen molar-refractivity contribution < 1.29 is 33.6 Å². The summed E-state index contributed by atoms with van der Waals surface area (Å²) in [6.45, 7) is 27.2. The molecule has 8 aromatic rings. The van der Waals surface area contributed by atoms with Crippen LogP contribution in [0.3, 0.4) is 0 Å². The number of rotatable bonds is 19. The third-order valence-corrected chi connectivity index (χ3v) is 18.0. The lowest BCUT2D eigenvalue weighted by Crippen LogP contribution is -2.26. The summed E-state index contributed by atoms with van der Waals surface area (Å²) >= 11 is 1.48. The number of ketones is 3. The number of thiophene rings is 1. The van der Waals surface area contributed by atoms with Crippen molar-refractivity contribution in [3.63, 3.8) is 0 Å². The van der Waals surface area contributed by atoms with E-state index < -0.39 is 11.9 Å². The van der Waals surface area contributed by atoms with Crippen molar-refractivity contribution in [2.45, 2.75) is 198 Å². The Kier molecular flexibility index (Phi) is 31.9. The van der Waals surface area contributed by atoms with E-state index in [1.165, 1.54) is 94.5 Å². The fraction of sp³-hybridized carbons (Fsp3) is 0.369. The Hall–Kier alpha value is -8.47. The maximum atomic E-state index is 14.2. The van der Waals surface area contributed by atoms with E-state index in [-0.39, 0.29) is 33.9 Å². The van der Waals surface area contributed by atoms with Crippen molar-refractivity contribution in [3.8, 4) is 33.4 Å². The summed E-state index contributed by atoms with van der Waals surface area (Å²) in [5.74, 6) is -0.896. The molecule has 0 saturated heterocycles. The quantitative estimate of drug-likeness (QED) is 0.0341. The number of hydrogen-bond donors (Lipinski definition) is 0. The number of oxime groups is 2. The fourth-order valence-electron chi connectivity index (χ4n) is 13.4. The predicted molar refractivity (Wildman–Crippen MR) is 394 cm³/mol. The molecular formula is C84H102N2O7S. The van der Waals surface area contributed by atoms with Crippen LogP contribution in [0.4, 0.5) is 0 Å². The second-order valence-electron chi connectivity index (χ2n) is 23.4. The SMILES string of the molecule is CC.CC.CC.CC(=O)c1cccs1.CCCC1(CCC)c2ccccc2-c2ccc(C(=O)/C(=N\OC(C)=O)c3ccccc3-c3ccccc3)cc21.CCCC1(CCC)c2ccccc2-c2ccc(C(=O)/C(CC3CCCCC3)=N/OC(C)=O)cc21.Cc1ccccc1. The lowest BCUT2D eigenvalue weighted by Gasteiger charge is -2.32. The molecule has 0 unspecified atom stereocenters. The summed E-state index contributed by atoms with van der Waals surface area (Å²) in [5.41, 5.74) is 15.3. The summed E-state index contributed by atoms with van der Waals surface area (Å²) in [7, 11) is 0. The molecule has 0 N–H and O–H groups in total. The van der Waals surface area contributed by atoms with Crippen LogP contribution in [0.25, 0.3) is 33.4 Å². The first-order valence-corrected chi connectivity index (χ1v) is 35.4. The monoisotopic (exact) mass is 1280 g/mol. The van der Waals surface area contributed by atoms with Crippen LogP contribution in [0.15, 0.2) is 198 Å². The van der Waals surface area contributed by atoms with Gasteiger partial charge in [0.05, 0.1) is 4.88 Å². The lowest BCUT2D eigenvalue weighted by atomic mass is 9.71. The van der Waals surface area contributed by atoms with Gasteiger partial charge in [-0.3, -0.25) is 14.4 Å². The van der Waals surface area contributed by atoms with Gasteiger partial charge in [-0.15, -0.1) is 11.3 Å². The minimum atomic E-state index is -0.577. The molecule has 3 aliphatic carbocycles. The maximum absolute atomic E-state index is 14.2. The van der Waals surface area contributed by atoms with Crippen LogP contribution < -0.4 is 0 Å². The van der Waals surface area contributed by atoms with Crippen molar-refractivity contribution in [1.29, 1.82) is 0 Å². The fourth-order valence-corrected chi connectivity index (χ4v) is 14.0. The van der Waals surface area contributed by atoms with E-state index in [1.807, 2.05) is 144 Å². The number of aryl methyl sites for hydroxylation is 1. The third kappa shape index (κ3) is 19.3. The molecular weight excluding hydrogens is 1180 g/mol. The van der Waals surface area contributed by atoms with Crippen molar-refractivity contribution in [2.24, 2.45) is 16.2 Å². The van der Waals surface area contributed by atoms with Crippen LogP contribution in [0.5, 0.6) is 0 Å². The molecule has 0 atom stereocenters. The second-order valence-corrected chi connectivity index (χ2v) is 24.3. The molecule has 496 valence electrons.